The number of halogens is 4. The van der Waals surface area contributed by atoms with Gasteiger partial charge in [0.05, 0.1) is 93.6 Å². The first kappa shape index (κ1) is 40.0. The molecule has 0 spiro atoms. The molecular weight excluding hydrogens is 1020 g/mol. The Kier molecular flexibility index (Phi) is 10.9. The van der Waals surface area contributed by atoms with E-state index in [1.165, 1.54) is 17.1 Å². The molecule has 0 aliphatic rings. The predicted octanol–water partition coefficient (Wildman–Crippen LogP) is 8.98. The van der Waals surface area contributed by atoms with Gasteiger partial charge < -0.3 is 35.7 Å². The molecule has 6 heterocycles. The van der Waals surface area contributed by atoms with Crippen LogP contribution in [0.15, 0.2) is 103 Å². The summed E-state index contributed by atoms with van der Waals surface area (Å²) >= 11 is 13.8. The number of aromatic amines is 3. The summed E-state index contributed by atoms with van der Waals surface area (Å²) in [6.45, 7) is 4.28. The van der Waals surface area contributed by atoms with Gasteiger partial charge in [-0.05, 0) is 144 Å². The lowest BCUT2D eigenvalue weighted by atomic mass is 10.1. The third-order valence-electron chi connectivity index (χ3n) is 9.45. The zero-order chi connectivity index (χ0) is 41.7. The van der Waals surface area contributed by atoms with Crippen LogP contribution in [-0.4, -0.2) is 67.7 Å². The summed E-state index contributed by atoms with van der Waals surface area (Å²) in [7, 11) is 1.63. The van der Waals surface area contributed by atoms with E-state index in [0.717, 1.165) is 70.0 Å². The molecule has 9 rings (SSSR count). The number of nitrogens with zero attached hydrogens (tertiary/aromatic N) is 7. The van der Waals surface area contributed by atoms with Gasteiger partial charge in [-0.15, -0.1) is 0 Å². The number of aromatic nitrogens is 10. The minimum Gasteiger partial charge on any atom is -0.497 e. The molecule has 0 bridgehead atoms. The highest BCUT2D eigenvalue weighted by molar-refractivity contribution is 9.13. The number of nitrogens with two attached hydrogens (primary N) is 2. The normalized spacial score (nSPS) is 11.3. The summed E-state index contributed by atoms with van der Waals surface area (Å²) in [6.07, 6.45) is 2.98. The molecule has 0 aliphatic carbocycles. The van der Waals surface area contributed by atoms with Gasteiger partial charge in [0.2, 0.25) is 11.6 Å². The maximum absolute atomic E-state index is 13.6. The lowest BCUT2D eigenvalue weighted by Gasteiger charge is -2.11. The SMILES string of the molecule is COc1ccc(Cn2c(C(=O)c3cnn(-c4ccc5nc(C)[nH]c5c4)c3N)cc(Br)c2Br)cc1.Cc1nc2ccc(-n3ncc(C(=O)c4cc(Br)c(Br)[nH]4)c3N)cc2[nH]1. The molecule has 0 amide bonds. The van der Waals surface area contributed by atoms with Gasteiger partial charge in [0.1, 0.15) is 29.0 Å². The van der Waals surface area contributed by atoms with Crippen molar-refractivity contribution in [2.45, 2.75) is 20.4 Å². The van der Waals surface area contributed by atoms with Crippen molar-refractivity contribution < 1.29 is 14.3 Å². The molecule has 59 heavy (non-hydrogen) atoms. The lowest BCUT2D eigenvalue weighted by molar-refractivity contribution is 0.102. The van der Waals surface area contributed by atoms with Crippen molar-refractivity contribution in [2.24, 2.45) is 0 Å². The van der Waals surface area contributed by atoms with Gasteiger partial charge in [-0.25, -0.2) is 19.3 Å². The number of H-pyrrole nitrogens is 3. The van der Waals surface area contributed by atoms with E-state index in [2.05, 4.69) is 98.8 Å². The number of methoxy groups -OCH3 is 1. The predicted molar refractivity (Wildman–Crippen MR) is 240 cm³/mol. The molecule has 19 heteroatoms. The Morgan fingerprint density at radius 1 is 0.695 bits per heavy atom. The van der Waals surface area contributed by atoms with Gasteiger partial charge in [-0.2, -0.15) is 10.2 Å². The molecule has 0 fully saturated rings. The molecule has 298 valence electrons. The third kappa shape index (κ3) is 7.77. The van der Waals surface area contributed by atoms with Crippen molar-refractivity contribution in [3.8, 4) is 17.1 Å². The van der Waals surface area contributed by atoms with Crippen molar-refractivity contribution in [1.29, 1.82) is 0 Å². The topological polar surface area (TPSA) is 209 Å². The van der Waals surface area contributed by atoms with Crippen LogP contribution in [0.2, 0.25) is 0 Å². The standard InChI is InChI=1S/C24H20Br2N6O2.C16H12Br2N6O/c1-13-29-19-8-5-15(9-20(19)30-13)32-24(27)17(11-28-32)22(33)21-10-18(25)23(26)31(21)12-14-3-6-16(34-2)7-4-14;1-7-21-11-3-2-8(4-12(11)22-7)24-16(19)9(6-20-24)14(25)13-5-10(17)15(18)23-13/h3-11H,12,27H2,1-2H3,(H,29,30);2-6,23H,19H2,1H3,(H,21,22). The van der Waals surface area contributed by atoms with E-state index in [1.54, 1.807) is 23.9 Å². The van der Waals surface area contributed by atoms with Crippen LogP contribution in [0.4, 0.5) is 11.6 Å². The van der Waals surface area contributed by atoms with Crippen molar-refractivity contribution in [1.82, 2.24) is 49.0 Å². The zero-order valence-electron chi connectivity index (χ0n) is 31.3. The first-order valence-electron chi connectivity index (χ1n) is 17.7. The van der Waals surface area contributed by atoms with Crippen LogP contribution < -0.4 is 16.2 Å². The Bertz CT molecular complexity index is 3040. The highest BCUT2D eigenvalue weighted by Crippen LogP contribution is 2.32. The summed E-state index contributed by atoms with van der Waals surface area (Å²) in [5.74, 6) is 2.53. The summed E-state index contributed by atoms with van der Waals surface area (Å²) < 4.78 is 13.2. The van der Waals surface area contributed by atoms with E-state index >= 15 is 0 Å². The van der Waals surface area contributed by atoms with Crippen LogP contribution >= 0.6 is 63.7 Å². The van der Waals surface area contributed by atoms with Gasteiger partial charge in [0.25, 0.3) is 0 Å². The van der Waals surface area contributed by atoms with Crippen LogP contribution in [0.25, 0.3) is 33.4 Å². The van der Waals surface area contributed by atoms with Crippen LogP contribution in [0.1, 0.15) is 49.3 Å². The van der Waals surface area contributed by atoms with Gasteiger partial charge in [0.15, 0.2) is 0 Å². The number of carbonyl (C=O) groups is 2. The molecule has 0 saturated carbocycles. The van der Waals surface area contributed by atoms with Gasteiger partial charge in [-0.1, -0.05) is 12.1 Å². The summed E-state index contributed by atoms with van der Waals surface area (Å²) in [6, 6.07) is 22.5. The molecule has 0 aliphatic heterocycles. The van der Waals surface area contributed by atoms with Gasteiger partial charge in [-0.3, -0.25) is 9.59 Å². The van der Waals surface area contributed by atoms with Crippen LogP contribution in [-0.2, 0) is 6.54 Å². The maximum Gasteiger partial charge on any atom is 0.214 e. The fourth-order valence-electron chi connectivity index (χ4n) is 6.55. The van der Waals surface area contributed by atoms with Crippen molar-refractivity contribution in [3.63, 3.8) is 0 Å². The van der Waals surface area contributed by atoms with Crippen LogP contribution in [0.5, 0.6) is 5.75 Å². The minimum absolute atomic E-state index is 0.220. The van der Waals surface area contributed by atoms with Crippen LogP contribution in [0.3, 0.4) is 0 Å². The van der Waals surface area contributed by atoms with E-state index in [1.807, 2.05) is 79.1 Å². The zero-order valence-corrected chi connectivity index (χ0v) is 37.7. The number of hydrogen-bond acceptors (Lipinski definition) is 9. The fourth-order valence-corrected chi connectivity index (χ4v) is 8.07. The maximum atomic E-state index is 13.6. The average Bonchev–Trinajstić information content (AvgIpc) is 4.08. The number of ether oxygens (including phenoxy) is 1. The van der Waals surface area contributed by atoms with Crippen molar-refractivity contribution >= 4 is 109 Å². The monoisotopic (exact) mass is 1040 g/mol. The number of hydrogen-bond donors (Lipinski definition) is 5. The molecule has 7 N–H and O–H groups in total. The van der Waals surface area contributed by atoms with E-state index < -0.39 is 0 Å². The molecular formula is C40H32Br4N12O3. The number of benzene rings is 3. The Labute approximate surface area is 369 Å². The second-order valence-electron chi connectivity index (χ2n) is 13.4. The van der Waals surface area contributed by atoms with E-state index in [0.29, 0.717) is 33.7 Å². The minimum atomic E-state index is -0.228. The van der Waals surface area contributed by atoms with Gasteiger partial charge in [0, 0.05) is 6.54 Å². The second-order valence-corrected chi connectivity index (χ2v) is 16.6. The lowest BCUT2D eigenvalue weighted by Crippen LogP contribution is -2.13. The average molecular weight is 1050 g/mol. The molecule has 0 unspecified atom stereocenters. The second kappa shape index (κ2) is 16.1. The smallest absolute Gasteiger partial charge is 0.214 e. The number of aryl methyl sites for hydroxylation is 2. The summed E-state index contributed by atoms with van der Waals surface area (Å²) in [4.78, 5) is 44.4. The van der Waals surface area contributed by atoms with E-state index in [9.17, 15) is 9.59 Å². The third-order valence-corrected chi connectivity index (χ3v) is 13.2. The number of fused-ring (bicyclic) bond motifs is 2. The number of anilines is 2. The summed E-state index contributed by atoms with van der Waals surface area (Å²) in [5, 5.41) is 8.67. The highest BCUT2D eigenvalue weighted by Gasteiger charge is 2.24. The highest BCUT2D eigenvalue weighted by atomic mass is 79.9. The molecule has 6 aromatic heterocycles. The number of carbonyl (C=O) groups excluding carboxylic acids is 2. The Balaban J connectivity index is 0.000000172. The molecule has 0 atom stereocenters. The number of rotatable bonds is 9. The molecule has 9 aromatic rings. The number of ketones is 2. The fraction of sp³-hybridized carbons (Fsp3) is 0.100. The Morgan fingerprint density at radius 2 is 1.24 bits per heavy atom. The summed E-state index contributed by atoms with van der Waals surface area (Å²) in [5.41, 5.74) is 20.2. The first-order chi connectivity index (χ1) is 28.3. The molecule has 3 aromatic carbocycles. The number of nitrogens with one attached hydrogen (secondary N) is 3. The quantitative estimate of drug-likeness (QED) is 0.0873. The largest absolute Gasteiger partial charge is 0.497 e. The Morgan fingerprint density at radius 3 is 1.75 bits per heavy atom. The molecule has 15 nitrogen and oxygen atoms in total. The van der Waals surface area contributed by atoms with E-state index in [-0.39, 0.29) is 23.2 Å². The molecule has 0 radical (unpaired) electrons. The van der Waals surface area contributed by atoms with Crippen molar-refractivity contribution in [3.05, 3.63) is 143 Å². The Hall–Kier alpha value is -5.76. The van der Waals surface area contributed by atoms with Crippen LogP contribution in [0, 0.1) is 13.8 Å². The van der Waals surface area contributed by atoms with E-state index in [4.69, 9.17) is 16.2 Å². The number of nitrogen functional groups attached to an aromatic ring is 2. The number of imidazole rings is 2. The molecule has 0 saturated heterocycles. The van der Waals surface area contributed by atoms with Gasteiger partial charge >= 0.3 is 0 Å². The van der Waals surface area contributed by atoms with Crippen molar-refractivity contribution in [2.75, 3.05) is 18.6 Å². The first-order valence-corrected chi connectivity index (χ1v) is 20.9.